The summed E-state index contributed by atoms with van der Waals surface area (Å²) in [5.74, 6) is 0. The topological polar surface area (TPSA) is 86.2 Å². The van der Waals surface area contributed by atoms with Crippen molar-refractivity contribution in [2.24, 2.45) is 10.3 Å². The number of hydrogen-bond acceptors (Lipinski definition) is 2. The maximum Gasteiger partial charge on any atom is 0.271 e. The van der Waals surface area contributed by atoms with Crippen molar-refractivity contribution >= 4 is 10.2 Å². The van der Waals surface area contributed by atoms with E-state index >= 15 is 0 Å². The van der Waals surface area contributed by atoms with Gasteiger partial charge in [0.1, 0.15) is 0 Å². The first-order valence-corrected chi connectivity index (χ1v) is 2.41. The molecule has 0 spiro atoms. The van der Waals surface area contributed by atoms with Gasteiger partial charge in [-0.2, -0.15) is 8.42 Å². The van der Waals surface area contributed by atoms with Gasteiger partial charge in [-0.3, -0.25) is 0 Å². The summed E-state index contributed by atoms with van der Waals surface area (Å²) >= 11 is 0. The molecule has 0 rings (SSSR count). The predicted octanol–water partition coefficient (Wildman–Crippen LogP) is -1.85. The van der Waals surface area contributed by atoms with Gasteiger partial charge in [-0.25, -0.2) is 10.3 Å². The molecule has 6 heteroatoms. The Morgan fingerprint density at radius 2 is 1.17 bits per heavy atom. The molecule has 4 N–H and O–H groups in total. The number of rotatable bonds is 0. The Hall–Kier alpha value is 0.610. The Bertz CT molecular complexity index is 94.7. The Morgan fingerprint density at radius 1 is 1.17 bits per heavy atom. The molecule has 0 aliphatic heterocycles. The van der Waals surface area contributed by atoms with Gasteiger partial charge in [0.25, 0.3) is 10.2 Å². The van der Waals surface area contributed by atoms with Crippen LogP contribution in [-0.4, -0.2) is 8.42 Å². The van der Waals surface area contributed by atoms with Crippen molar-refractivity contribution in [3.8, 4) is 0 Å². The second-order valence-corrected chi connectivity index (χ2v) is 1.77. The van der Waals surface area contributed by atoms with E-state index < -0.39 is 10.2 Å². The van der Waals surface area contributed by atoms with Crippen LogP contribution in [0.2, 0.25) is 0 Å². The van der Waals surface area contributed by atoms with Crippen molar-refractivity contribution in [2.45, 2.75) is 0 Å². The normalized spacial score (nSPS) is 9.67. The summed E-state index contributed by atoms with van der Waals surface area (Å²) in [6, 6.07) is 0. The summed E-state index contributed by atoms with van der Waals surface area (Å²) in [6.45, 7) is 0. The van der Waals surface area contributed by atoms with E-state index in [2.05, 4.69) is 10.3 Å². The summed E-state index contributed by atoms with van der Waals surface area (Å²) in [4.78, 5) is 0. The van der Waals surface area contributed by atoms with Gasteiger partial charge in [-0.1, -0.05) is 0 Å². The van der Waals surface area contributed by atoms with Gasteiger partial charge in [0.2, 0.25) is 0 Å². The molecule has 1 radical (unpaired) electrons. The van der Waals surface area contributed by atoms with E-state index in [0.29, 0.717) is 0 Å². The average molecular weight is 204 g/mol. The maximum atomic E-state index is 9.19. The molecule has 0 aromatic rings. The molecular weight excluding hydrogens is 200 g/mol. The van der Waals surface area contributed by atoms with Crippen molar-refractivity contribution < 1.29 is 30.8 Å². The molecule has 0 aliphatic carbocycles. The molecule has 0 atom stereocenters. The van der Waals surface area contributed by atoms with Gasteiger partial charge in [0, 0.05) is 22.4 Å². The molecular formula is H4AgN2O2S. The van der Waals surface area contributed by atoms with E-state index in [1.165, 1.54) is 0 Å². The van der Waals surface area contributed by atoms with Crippen molar-refractivity contribution in [3.05, 3.63) is 0 Å². The zero-order valence-electron chi connectivity index (χ0n) is 2.68. The molecule has 6 heavy (non-hydrogen) atoms. The van der Waals surface area contributed by atoms with Crippen molar-refractivity contribution in [1.29, 1.82) is 0 Å². The Kier molecular flexibility index (Phi) is 4.45. The smallest absolute Gasteiger partial charge is 0.216 e. The molecule has 0 bridgehead atoms. The maximum absolute atomic E-state index is 9.19. The van der Waals surface area contributed by atoms with Crippen molar-refractivity contribution in [2.75, 3.05) is 0 Å². The fourth-order valence-corrected chi connectivity index (χ4v) is 0. The van der Waals surface area contributed by atoms with Crippen LogP contribution < -0.4 is 10.3 Å². The third kappa shape index (κ3) is 161. The molecule has 0 heterocycles. The van der Waals surface area contributed by atoms with E-state index in [-0.39, 0.29) is 22.4 Å². The van der Waals surface area contributed by atoms with Gasteiger partial charge in [-0.05, 0) is 0 Å². The fourth-order valence-electron chi connectivity index (χ4n) is 0. The monoisotopic (exact) mass is 203 g/mol. The third-order valence-corrected chi connectivity index (χ3v) is 0. The first-order valence-electron chi connectivity index (χ1n) is 0.805. The van der Waals surface area contributed by atoms with Crippen LogP contribution in [0.5, 0.6) is 0 Å². The average Bonchev–Trinajstić information content (AvgIpc) is 0.722. The summed E-state index contributed by atoms with van der Waals surface area (Å²) < 4.78 is 18.4. The molecule has 4 nitrogen and oxygen atoms in total. The molecule has 0 saturated heterocycles. The standard InChI is InChI=1S/Ag.H4N2O2S/c;1-5(2,3)4/h;(H4,1,2,3,4). The summed E-state index contributed by atoms with van der Waals surface area (Å²) in [5, 5.41) is 8.21. The number of hydrogen-bond donors (Lipinski definition) is 2. The van der Waals surface area contributed by atoms with Crippen molar-refractivity contribution in [1.82, 2.24) is 0 Å². The van der Waals surface area contributed by atoms with Crippen LogP contribution in [0.4, 0.5) is 0 Å². The molecule has 43 valence electrons. The molecule has 0 unspecified atom stereocenters. The molecule has 0 aliphatic rings. The van der Waals surface area contributed by atoms with E-state index in [4.69, 9.17) is 0 Å². The van der Waals surface area contributed by atoms with Gasteiger partial charge in [0.05, 0.1) is 0 Å². The van der Waals surface area contributed by atoms with Crippen LogP contribution in [0, 0.1) is 0 Å². The summed E-state index contributed by atoms with van der Waals surface area (Å²) in [7, 11) is -3.67. The van der Waals surface area contributed by atoms with Crippen LogP contribution in [-0.2, 0) is 32.6 Å². The minimum absolute atomic E-state index is 0. The minimum atomic E-state index is -3.67. The second-order valence-electron chi connectivity index (χ2n) is 0.589. The third-order valence-electron chi connectivity index (χ3n) is 0. The van der Waals surface area contributed by atoms with Crippen LogP contribution in [0.1, 0.15) is 0 Å². The Balaban J connectivity index is 0. The fraction of sp³-hybridized carbons (Fsp3) is 0. The van der Waals surface area contributed by atoms with Crippen LogP contribution >= 0.6 is 0 Å². The quantitative estimate of drug-likeness (QED) is 0.453. The number of nitrogens with two attached hydrogens (primary N) is 2. The predicted molar refractivity (Wildman–Crippen MR) is 17.3 cm³/mol. The SMILES string of the molecule is NS(N)(=O)=O.[Ag]. The first-order chi connectivity index (χ1) is 2.00. The molecule has 0 saturated carbocycles. The van der Waals surface area contributed by atoms with E-state index in [1.54, 1.807) is 0 Å². The minimum Gasteiger partial charge on any atom is -0.216 e. The van der Waals surface area contributed by atoms with Gasteiger partial charge in [-0.15, -0.1) is 0 Å². The van der Waals surface area contributed by atoms with Gasteiger partial charge >= 0.3 is 0 Å². The Morgan fingerprint density at radius 3 is 1.17 bits per heavy atom. The van der Waals surface area contributed by atoms with Gasteiger partial charge in [0.15, 0.2) is 0 Å². The van der Waals surface area contributed by atoms with Crippen molar-refractivity contribution in [3.63, 3.8) is 0 Å². The molecule has 0 aromatic heterocycles. The summed E-state index contributed by atoms with van der Waals surface area (Å²) in [6.07, 6.45) is 0. The largest absolute Gasteiger partial charge is 0.271 e. The van der Waals surface area contributed by atoms with Gasteiger partial charge < -0.3 is 0 Å². The van der Waals surface area contributed by atoms with Crippen LogP contribution in [0.25, 0.3) is 0 Å². The molecule has 0 amide bonds. The summed E-state index contributed by atoms with van der Waals surface area (Å²) in [5.41, 5.74) is 0. The van der Waals surface area contributed by atoms with E-state index in [1.807, 2.05) is 0 Å². The molecule has 0 aromatic carbocycles. The van der Waals surface area contributed by atoms with E-state index in [0.717, 1.165) is 0 Å². The molecule has 0 fully saturated rings. The zero-order valence-corrected chi connectivity index (χ0v) is 4.98. The van der Waals surface area contributed by atoms with Crippen LogP contribution in [0.15, 0.2) is 0 Å². The first kappa shape index (κ1) is 9.79. The van der Waals surface area contributed by atoms with E-state index in [9.17, 15) is 8.42 Å². The zero-order chi connectivity index (χ0) is 4.50. The van der Waals surface area contributed by atoms with Crippen LogP contribution in [0.3, 0.4) is 0 Å². The second kappa shape index (κ2) is 2.73. The Labute approximate surface area is 51.6 Å².